The number of hydrogen-bond acceptors (Lipinski definition) is 4. The molecule has 0 aliphatic carbocycles. The van der Waals surface area contributed by atoms with Gasteiger partial charge in [-0.3, -0.25) is 9.78 Å². The lowest BCUT2D eigenvalue weighted by Gasteiger charge is -2.12. The van der Waals surface area contributed by atoms with Crippen molar-refractivity contribution in [3.8, 4) is 0 Å². The molecular weight excluding hydrogens is 292 g/mol. The molecule has 0 aliphatic rings. The number of fused-ring (bicyclic) bond motifs is 1. The lowest BCUT2D eigenvalue weighted by molar-refractivity contribution is 0.0906. The van der Waals surface area contributed by atoms with Gasteiger partial charge in [0.05, 0.1) is 18.3 Å². The number of carbonyl (C=O) groups is 1. The maximum absolute atomic E-state index is 12.6. The number of nitrogens with one attached hydrogen (secondary N) is 1. The van der Waals surface area contributed by atoms with Crippen LogP contribution in [0.3, 0.4) is 0 Å². The van der Waals surface area contributed by atoms with E-state index in [0.29, 0.717) is 12.2 Å². The highest BCUT2D eigenvalue weighted by Gasteiger charge is 2.22. The molecule has 3 rings (SSSR count). The highest BCUT2D eigenvalue weighted by Crippen LogP contribution is 2.27. The fourth-order valence-electron chi connectivity index (χ4n) is 2.54. The van der Waals surface area contributed by atoms with Crippen LogP contribution in [0.25, 0.3) is 11.0 Å². The third kappa shape index (κ3) is 3.10. The van der Waals surface area contributed by atoms with E-state index in [-0.39, 0.29) is 17.7 Å². The van der Waals surface area contributed by atoms with Crippen LogP contribution in [0.15, 0.2) is 53.1 Å². The molecule has 0 radical (unpaired) electrons. The molecule has 1 amide bonds. The Balaban J connectivity index is 1.90. The second kappa shape index (κ2) is 6.62. The first kappa shape index (κ1) is 15.2. The summed E-state index contributed by atoms with van der Waals surface area (Å²) in [5.41, 5.74) is 2.23. The number of nitrogens with zero attached hydrogens (tertiary/aromatic N) is 1. The summed E-state index contributed by atoms with van der Waals surface area (Å²) in [6.45, 7) is 2.20. The summed E-state index contributed by atoms with van der Waals surface area (Å²) in [7, 11) is 1.60. The molecular formula is C18H18N2O3. The van der Waals surface area contributed by atoms with Gasteiger partial charge in [0.1, 0.15) is 5.58 Å². The summed E-state index contributed by atoms with van der Waals surface area (Å²) in [6, 6.07) is 12.9. The molecule has 1 N–H and O–H groups in total. The molecule has 0 fully saturated rings. The highest BCUT2D eigenvalue weighted by atomic mass is 16.5. The average Bonchev–Trinajstić information content (AvgIpc) is 2.95. The molecule has 118 valence electrons. The van der Waals surface area contributed by atoms with Gasteiger partial charge in [-0.05, 0) is 25.1 Å². The number of benzene rings is 1. The van der Waals surface area contributed by atoms with Gasteiger partial charge >= 0.3 is 0 Å². The number of furan rings is 1. The van der Waals surface area contributed by atoms with E-state index in [1.807, 2.05) is 49.4 Å². The van der Waals surface area contributed by atoms with E-state index in [1.165, 1.54) is 0 Å². The predicted octanol–water partition coefficient (Wildman–Crippen LogP) is 3.47. The minimum absolute atomic E-state index is 0.215. The van der Waals surface area contributed by atoms with Crippen LogP contribution in [0, 0.1) is 0 Å². The summed E-state index contributed by atoms with van der Waals surface area (Å²) >= 11 is 0. The summed E-state index contributed by atoms with van der Waals surface area (Å²) in [5, 5.41) is 3.82. The van der Waals surface area contributed by atoms with Crippen LogP contribution >= 0.6 is 0 Å². The molecule has 1 atom stereocenters. The lowest BCUT2D eigenvalue weighted by Crippen LogP contribution is -2.27. The normalized spacial score (nSPS) is 12.3. The maximum atomic E-state index is 12.6. The molecule has 0 saturated carbocycles. The van der Waals surface area contributed by atoms with E-state index in [9.17, 15) is 4.79 Å². The monoisotopic (exact) mass is 310 g/mol. The second-order valence-corrected chi connectivity index (χ2v) is 5.29. The molecule has 0 saturated heterocycles. The van der Waals surface area contributed by atoms with Crippen molar-refractivity contribution in [2.24, 2.45) is 0 Å². The Labute approximate surface area is 134 Å². The van der Waals surface area contributed by atoms with Crippen molar-refractivity contribution < 1.29 is 13.9 Å². The van der Waals surface area contributed by atoms with Crippen LogP contribution in [0.4, 0.5) is 0 Å². The number of aromatic nitrogens is 1. The predicted molar refractivity (Wildman–Crippen MR) is 87.0 cm³/mol. The van der Waals surface area contributed by atoms with Gasteiger partial charge in [-0.2, -0.15) is 0 Å². The van der Waals surface area contributed by atoms with Gasteiger partial charge in [0.15, 0.2) is 5.76 Å². The van der Waals surface area contributed by atoms with Crippen LogP contribution in [0.1, 0.15) is 34.8 Å². The first-order chi connectivity index (χ1) is 11.2. The first-order valence-electron chi connectivity index (χ1n) is 7.42. The summed E-state index contributed by atoms with van der Waals surface area (Å²) < 4.78 is 11.0. The van der Waals surface area contributed by atoms with Crippen molar-refractivity contribution in [1.29, 1.82) is 0 Å². The molecule has 5 heteroatoms. The van der Waals surface area contributed by atoms with Crippen molar-refractivity contribution in [3.05, 3.63) is 65.7 Å². The van der Waals surface area contributed by atoms with Crippen molar-refractivity contribution in [1.82, 2.24) is 10.3 Å². The quantitative estimate of drug-likeness (QED) is 0.784. The van der Waals surface area contributed by atoms with Crippen molar-refractivity contribution in [2.75, 3.05) is 7.11 Å². The number of ether oxygens (including phenoxy) is 1. The summed E-state index contributed by atoms with van der Waals surface area (Å²) in [5.74, 6) is 0.0160. The molecule has 0 spiro atoms. The first-order valence-corrected chi connectivity index (χ1v) is 7.42. The minimum Gasteiger partial charge on any atom is -0.451 e. The van der Waals surface area contributed by atoms with E-state index < -0.39 is 0 Å². The highest BCUT2D eigenvalue weighted by molar-refractivity contribution is 5.99. The van der Waals surface area contributed by atoms with Crippen LogP contribution in [-0.4, -0.2) is 18.0 Å². The topological polar surface area (TPSA) is 64.4 Å². The molecule has 1 unspecified atom stereocenters. The molecule has 23 heavy (non-hydrogen) atoms. The van der Waals surface area contributed by atoms with Crippen LogP contribution < -0.4 is 5.32 Å². The minimum atomic E-state index is -0.272. The van der Waals surface area contributed by atoms with E-state index in [2.05, 4.69) is 10.3 Å². The Bertz CT molecular complexity index is 812. The largest absolute Gasteiger partial charge is 0.451 e. The number of carbonyl (C=O) groups excluding carboxylic acids is 1. The molecule has 5 nitrogen and oxygen atoms in total. The van der Waals surface area contributed by atoms with E-state index in [1.54, 1.807) is 13.3 Å². The Morgan fingerprint density at radius 1 is 1.26 bits per heavy atom. The van der Waals surface area contributed by atoms with Gasteiger partial charge in [-0.15, -0.1) is 0 Å². The fourth-order valence-corrected chi connectivity index (χ4v) is 2.54. The van der Waals surface area contributed by atoms with Crippen molar-refractivity contribution >= 4 is 16.9 Å². The Hall–Kier alpha value is -2.66. The van der Waals surface area contributed by atoms with Crippen molar-refractivity contribution in [2.45, 2.75) is 19.6 Å². The number of hydrogen-bond donors (Lipinski definition) is 1. The van der Waals surface area contributed by atoms with Crippen molar-refractivity contribution in [3.63, 3.8) is 0 Å². The standard InChI is InChI=1S/C18H18N2O3/c1-12(15-8-5-6-10-19-15)20-18(21)17-14(11-22-2)13-7-3-4-9-16(13)23-17/h3-10,12H,11H2,1-2H3,(H,20,21). The Morgan fingerprint density at radius 2 is 2.04 bits per heavy atom. The number of methoxy groups -OCH3 is 1. The van der Waals surface area contributed by atoms with Gasteiger partial charge < -0.3 is 14.5 Å². The Morgan fingerprint density at radius 3 is 2.78 bits per heavy atom. The van der Waals surface area contributed by atoms with Crippen LogP contribution in [0.5, 0.6) is 0 Å². The summed E-state index contributed by atoms with van der Waals surface area (Å²) in [4.78, 5) is 16.9. The zero-order valence-electron chi connectivity index (χ0n) is 13.1. The number of pyridine rings is 1. The van der Waals surface area contributed by atoms with Gasteiger partial charge in [0.2, 0.25) is 0 Å². The molecule has 0 aliphatic heterocycles. The molecule has 2 aromatic heterocycles. The van der Waals surface area contributed by atoms with E-state index >= 15 is 0 Å². The SMILES string of the molecule is COCc1c(C(=O)NC(C)c2ccccn2)oc2ccccc12. The van der Waals surface area contributed by atoms with Crippen LogP contribution in [-0.2, 0) is 11.3 Å². The molecule has 1 aromatic carbocycles. The maximum Gasteiger partial charge on any atom is 0.287 e. The molecule has 2 heterocycles. The molecule has 0 bridgehead atoms. The Kier molecular flexibility index (Phi) is 4.39. The lowest BCUT2D eigenvalue weighted by atomic mass is 10.1. The zero-order valence-corrected chi connectivity index (χ0v) is 13.1. The third-order valence-electron chi connectivity index (χ3n) is 3.67. The zero-order chi connectivity index (χ0) is 16.2. The van der Waals surface area contributed by atoms with Gasteiger partial charge in [-0.1, -0.05) is 24.3 Å². The van der Waals surface area contributed by atoms with Gasteiger partial charge in [-0.25, -0.2) is 0 Å². The smallest absolute Gasteiger partial charge is 0.287 e. The number of rotatable bonds is 5. The fraction of sp³-hybridized carbons (Fsp3) is 0.222. The average molecular weight is 310 g/mol. The van der Waals surface area contributed by atoms with E-state index in [0.717, 1.165) is 16.6 Å². The number of para-hydroxylation sites is 1. The van der Waals surface area contributed by atoms with Gasteiger partial charge in [0.25, 0.3) is 5.91 Å². The molecule has 3 aromatic rings. The van der Waals surface area contributed by atoms with Crippen LogP contribution in [0.2, 0.25) is 0 Å². The van der Waals surface area contributed by atoms with E-state index in [4.69, 9.17) is 9.15 Å². The van der Waals surface area contributed by atoms with Gasteiger partial charge in [0, 0.05) is 24.3 Å². The third-order valence-corrected chi connectivity index (χ3v) is 3.67. The second-order valence-electron chi connectivity index (χ2n) is 5.29. The number of amides is 1. The summed E-state index contributed by atoms with van der Waals surface area (Å²) in [6.07, 6.45) is 1.70.